The molecule has 4 rings (SSSR count). The normalized spacial score (nSPS) is 11.3. The number of carbonyl (C=O) groups is 1. The van der Waals surface area contributed by atoms with Gasteiger partial charge in [0.15, 0.2) is 0 Å². The van der Waals surface area contributed by atoms with Crippen LogP contribution in [0, 0.1) is 0 Å². The van der Waals surface area contributed by atoms with E-state index < -0.39 is 0 Å². The maximum Gasteiger partial charge on any atom is 0.296 e. The Bertz CT molecular complexity index is 1270. The molecule has 0 radical (unpaired) electrons. The molecule has 4 aromatic rings. The molecule has 0 spiro atoms. The molecule has 3 heterocycles. The van der Waals surface area contributed by atoms with Crippen molar-refractivity contribution in [2.24, 2.45) is 7.05 Å². The number of nitrogens with zero attached hydrogens (tertiary/aromatic N) is 5. The molecule has 1 amide bonds. The summed E-state index contributed by atoms with van der Waals surface area (Å²) in [5, 5.41) is 6.64. The van der Waals surface area contributed by atoms with Gasteiger partial charge >= 0.3 is 0 Å². The number of likely N-dealkylation sites (N-methyl/N-ethyl adjacent to an activating group) is 1. The maximum atomic E-state index is 13.3. The molecule has 0 bridgehead atoms. The zero-order valence-electron chi connectivity index (χ0n) is 15.7. The fraction of sp³-hybridized carbons (Fsp3) is 0.200. The summed E-state index contributed by atoms with van der Waals surface area (Å²) in [6.07, 6.45) is 3.27. The first-order valence-corrected chi connectivity index (χ1v) is 9.06. The summed E-state index contributed by atoms with van der Waals surface area (Å²) < 4.78 is 3.10. The lowest BCUT2D eigenvalue weighted by atomic mass is 10.1. The second-order valence-corrected chi connectivity index (χ2v) is 7.22. The molecule has 0 atom stereocenters. The van der Waals surface area contributed by atoms with E-state index in [1.165, 1.54) is 9.58 Å². The summed E-state index contributed by atoms with van der Waals surface area (Å²) in [7, 11) is 5.20. The van der Waals surface area contributed by atoms with Gasteiger partial charge in [-0.1, -0.05) is 17.7 Å². The number of amides is 1. The van der Waals surface area contributed by atoms with Crippen LogP contribution in [0.25, 0.3) is 27.5 Å². The van der Waals surface area contributed by atoms with E-state index in [1.807, 2.05) is 19.2 Å². The topological polar surface area (TPSA) is 73.0 Å². The Balaban J connectivity index is 2.13. The lowest BCUT2D eigenvalue weighted by Gasteiger charge is -2.12. The molecule has 0 aliphatic carbocycles. The smallest absolute Gasteiger partial charge is 0.296 e. The van der Waals surface area contributed by atoms with Crippen LogP contribution in [0.2, 0.25) is 5.02 Å². The molecule has 0 unspecified atom stereocenters. The summed E-state index contributed by atoms with van der Waals surface area (Å²) in [5.74, 6) is -0.101. The monoisotopic (exact) mass is 395 g/mol. The van der Waals surface area contributed by atoms with Crippen molar-refractivity contribution in [3.63, 3.8) is 0 Å². The third kappa shape index (κ3) is 2.84. The molecule has 0 aliphatic rings. The fourth-order valence-corrected chi connectivity index (χ4v) is 3.51. The highest BCUT2D eigenvalue weighted by Gasteiger charge is 2.21. The quantitative estimate of drug-likeness (QED) is 0.534. The number of hydrogen-bond donors (Lipinski definition) is 0. The van der Waals surface area contributed by atoms with Gasteiger partial charge < -0.3 is 9.47 Å². The molecular weight excluding hydrogens is 378 g/mol. The van der Waals surface area contributed by atoms with Gasteiger partial charge in [0.05, 0.1) is 29.5 Å². The van der Waals surface area contributed by atoms with Crippen LogP contribution in [0.3, 0.4) is 0 Å². The molecule has 3 aromatic heterocycles. The van der Waals surface area contributed by atoms with Crippen molar-refractivity contribution in [2.45, 2.75) is 6.42 Å². The molecule has 7 nitrogen and oxygen atoms in total. The Morgan fingerprint density at radius 2 is 2.04 bits per heavy atom. The van der Waals surface area contributed by atoms with Crippen molar-refractivity contribution in [2.75, 3.05) is 14.1 Å². The Kier molecular flexibility index (Phi) is 4.39. The van der Waals surface area contributed by atoms with Crippen LogP contribution in [0.5, 0.6) is 0 Å². The average molecular weight is 396 g/mol. The number of pyridine rings is 1. The number of fused-ring (bicyclic) bond motifs is 3. The van der Waals surface area contributed by atoms with Gasteiger partial charge in [-0.3, -0.25) is 14.6 Å². The fourth-order valence-electron chi connectivity index (χ4n) is 3.35. The number of aromatic nitrogens is 4. The van der Waals surface area contributed by atoms with Crippen molar-refractivity contribution in [1.82, 2.24) is 24.2 Å². The molecule has 28 heavy (non-hydrogen) atoms. The van der Waals surface area contributed by atoms with E-state index >= 15 is 0 Å². The number of rotatable bonds is 3. The highest BCUT2D eigenvalue weighted by molar-refractivity contribution is 6.31. The van der Waals surface area contributed by atoms with E-state index in [4.69, 9.17) is 11.6 Å². The van der Waals surface area contributed by atoms with E-state index in [0.717, 1.165) is 10.9 Å². The third-order valence-corrected chi connectivity index (χ3v) is 5.01. The molecule has 0 saturated carbocycles. The van der Waals surface area contributed by atoms with Gasteiger partial charge in [0.2, 0.25) is 5.91 Å². The summed E-state index contributed by atoms with van der Waals surface area (Å²) in [6.45, 7) is 0. The van der Waals surface area contributed by atoms with Crippen molar-refractivity contribution in [1.29, 1.82) is 0 Å². The van der Waals surface area contributed by atoms with Crippen molar-refractivity contribution < 1.29 is 4.79 Å². The minimum absolute atomic E-state index is 0.0752. The van der Waals surface area contributed by atoms with Crippen LogP contribution in [-0.4, -0.2) is 44.2 Å². The van der Waals surface area contributed by atoms with E-state index in [1.54, 1.807) is 49.3 Å². The zero-order chi connectivity index (χ0) is 20.0. The molecule has 8 heteroatoms. The molecule has 0 N–H and O–H groups in total. The van der Waals surface area contributed by atoms with Gasteiger partial charge in [-0.25, -0.2) is 0 Å². The Morgan fingerprint density at radius 1 is 1.25 bits per heavy atom. The minimum Gasteiger partial charge on any atom is -0.348 e. The van der Waals surface area contributed by atoms with E-state index in [9.17, 15) is 9.59 Å². The van der Waals surface area contributed by atoms with Gasteiger partial charge in [0, 0.05) is 43.1 Å². The average Bonchev–Trinajstić information content (AvgIpc) is 2.97. The molecule has 1 aromatic carbocycles. The van der Waals surface area contributed by atoms with Crippen molar-refractivity contribution in [3.05, 3.63) is 63.8 Å². The number of aryl methyl sites for hydroxylation is 1. The number of halogens is 1. The maximum absolute atomic E-state index is 13.3. The molecular formula is C20H18ClN5O2. The summed E-state index contributed by atoms with van der Waals surface area (Å²) >= 11 is 6.17. The highest BCUT2D eigenvalue weighted by atomic mass is 35.5. The van der Waals surface area contributed by atoms with Crippen molar-refractivity contribution in [3.8, 4) is 5.69 Å². The number of benzene rings is 1. The predicted octanol–water partition coefficient (Wildman–Crippen LogP) is 2.56. The third-order valence-electron chi connectivity index (χ3n) is 4.77. The van der Waals surface area contributed by atoms with Crippen LogP contribution in [-0.2, 0) is 18.3 Å². The first-order chi connectivity index (χ1) is 13.4. The second kappa shape index (κ2) is 6.76. The predicted molar refractivity (Wildman–Crippen MR) is 109 cm³/mol. The molecule has 0 aliphatic heterocycles. The van der Waals surface area contributed by atoms with Gasteiger partial charge in [0.25, 0.3) is 5.56 Å². The minimum atomic E-state index is -0.279. The molecule has 142 valence electrons. The van der Waals surface area contributed by atoms with Crippen LogP contribution >= 0.6 is 11.6 Å². The number of carbonyl (C=O) groups excluding carboxylic acids is 1. The molecule has 0 saturated heterocycles. The largest absolute Gasteiger partial charge is 0.348 e. The van der Waals surface area contributed by atoms with E-state index in [-0.39, 0.29) is 17.9 Å². The summed E-state index contributed by atoms with van der Waals surface area (Å²) in [6, 6.07) is 8.93. The lowest BCUT2D eigenvalue weighted by Crippen LogP contribution is -2.28. The van der Waals surface area contributed by atoms with Gasteiger partial charge in [-0.2, -0.15) is 9.78 Å². The second-order valence-electron chi connectivity index (χ2n) is 6.78. The first kappa shape index (κ1) is 18.2. The number of hydrogen-bond acceptors (Lipinski definition) is 4. The van der Waals surface area contributed by atoms with Gasteiger partial charge in [-0.15, -0.1) is 0 Å². The van der Waals surface area contributed by atoms with Crippen LogP contribution in [0.1, 0.15) is 5.69 Å². The Hall–Kier alpha value is -3.19. The van der Waals surface area contributed by atoms with E-state index in [0.29, 0.717) is 27.3 Å². The Morgan fingerprint density at radius 3 is 2.71 bits per heavy atom. The molecule has 0 fully saturated rings. The van der Waals surface area contributed by atoms with Crippen LogP contribution in [0.15, 0.2) is 47.5 Å². The van der Waals surface area contributed by atoms with Crippen LogP contribution in [0.4, 0.5) is 0 Å². The zero-order valence-corrected chi connectivity index (χ0v) is 16.4. The van der Waals surface area contributed by atoms with Crippen molar-refractivity contribution >= 4 is 39.3 Å². The lowest BCUT2D eigenvalue weighted by molar-refractivity contribution is -0.128. The summed E-state index contributed by atoms with van der Waals surface area (Å²) in [4.78, 5) is 31.3. The first-order valence-electron chi connectivity index (χ1n) is 8.69. The highest BCUT2D eigenvalue weighted by Crippen LogP contribution is 2.30. The SMILES string of the molecule is CN(C)C(=O)Cc1nn(-c2cccnc2)c(=O)c2c1c1ccc(Cl)cc1n2C. The van der Waals surface area contributed by atoms with Gasteiger partial charge in [0.1, 0.15) is 5.52 Å². The standard InChI is InChI=1S/C20H18ClN5O2/c1-24(2)17(27)10-15-18-14-7-6-12(21)9-16(14)25(3)19(18)20(28)26(23-15)13-5-4-8-22-11-13/h4-9,11H,10H2,1-3H3. The Labute approximate surface area is 165 Å². The van der Waals surface area contributed by atoms with E-state index in [2.05, 4.69) is 10.1 Å². The van der Waals surface area contributed by atoms with Crippen LogP contribution < -0.4 is 5.56 Å². The van der Waals surface area contributed by atoms with Gasteiger partial charge in [-0.05, 0) is 24.3 Å². The summed E-state index contributed by atoms with van der Waals surface area (Å²) in [5.41, 5.74) is 2.07.